The number of aryl methyl sites for hydroxylation is 1. The molecule has 0 saturated carbocycles. The van der Waals surface area contributed by atoms with Crippen molar-refractivity contribution in [2.75, 3.05) is 18.9 Å². The molecule has 3 heterocycles. The summed E-state index contributed by atoms with van der Waals surface area (Å²) >= 11 is 9.58. The Labute approximate surface area is 142 Å². The van der Waals surface area contributed by atoms with Crippen molar-refractivity contribution in [2.45, 2.75) is 19.9 Å². The first-order valence-electron chi connectivity index (χ1n) is 7.05. The number of rotatable bonds is 6. The Hall–Kier alpha value is -1.21. The van der Waals surface area contributed by atoms with Gasteiger partial charge in [-0.25, -0.2) is 4.98 Å². The SMILES string of the molecule is CNCCc1sc2c(NCc3cccs3)nc(Cl)nc2c1C. The zero-order valence-corrected chi connectivity index (χ0v) is 14.8. The Bertz CT molecular complexity index is 768. The molecule has 0 radical (unpaired) electrons. The van der Waals surface area contributed by atoms with Crippen LogP contribution in [-0.4, -0.2) is 23.6 Å². The summed E-state index contributed by atoms with van der Waals surface area (Å²) in [5.74, 6) is 0.826. The van der Waals surface area contributed by atoms with Crippen LogP contribution in [0.25, 0.3) is 10.2 Å². The van der Waals surface area contributed by atoms with Crippen LogP contribution in [0.1, 0.15) is 15.3 Å². The quantitative estimate of drug-likeness (QED) is 0.656. The fourth-order valence-electron chi connectivity index (χ4n) is 2.29. The van der Waals surface area contributed by atoms with Crippen molar-refractivity contribution >= 4 is 50.3 Å². The molecule has 3 rings (SSSR count). The highest BCUT2D eigenvalue weighted by Crippen LogP contribution is 2.35. The average molecular weight is 353 g/mol. The molecule has 0 unspecified atom stereocenters. The van der Waals surface area contributed by atoms with Crippen LogP contribution in [0.2, 0.25) is 5.28 Å². The van der Waals surface area contributed by atoms with Crippen LogP contribution in [0.15, 0.2) is 17.5 Å². The van der Waals surface area contributed by atoms with Crippen molar-refractivity contribution in [3.8, 4) is 0 Å². The number of aromatic nitrogens is 2. The second kappa shape index (κ2) is 6.91. The van der Waals surface area contributed by atoms with E-state index in [9.17, 15) is 0 Å². The molecule has 0 saturated heterocycles. The highest BCUT2D eigenvalue weighted by Gasteiger charge is 2.15. The van der Waals surface area contributed by atoms with Gasteiger partial charge in [0.1, 0.15) is 5.82 Å². The number of likely N-dealkylation sites (N-methyl/N-ethyl adjacent to an activating group) is 1. The molecule has 7 heteroatoms. The number of thiophene rings is 2. The van der Waals surface area contributed by atoms with Crippen LogP contribution in [0.4, 0.5) is 5.82 Å². The highest BCUT2D eigenvalue weighted by atomic mass is 35.5. The van der Waals surface area contributed by atoms with Crippen molar-refractivity contribution in [1.29, 1.82) is 0 Å². The third-order valence-electron chi connectivity index (χ3n) is 3.45. The molecule has 116 valence electrons. The zero-order chi connectivity index (χ0) is 15.5. The van der Waals surface area contributed by atoms with Gasteiger partial charge in [0.05, 0.1) is 16.8 Å². The smallest absolute Gasteiger partial charge is 0.224 e. The molecular formula is C15H17ClN4S2. The van der Waals surface area contributed by atoms with E-state index in [2.05, 4.69) is 45.0 Å². The first-order valence-corrected chi connectivity index (χ1v) is 9.13. The lowest BCUT2D eigenvalue weighted by molar-refractivity contribution is 0.797. The molecular weight excluding hydrogens is 336 g/mol. The standard InChI is InChI=1S/C15H17ClN4S2/c1-9-11(5-6-17-2)22-13-12(9)19-15(16)20-14(13)18-8-10-4-3-7-21-10/h3-4,7,17H,5-6,8H2,1-2H3,(H,18,19,20). The van der Waals surface area contributed by atoms with E-state index in [1.165, 1.54) is 15.3 Å². The minimum Gasteiger partial charge on any atom is -0.364 e. The molecule has 0 bridgehead atoms. The van der Waals surface area contributed by atoms with Gasteiger partial charge < -0.3 is 10.6 Å². The molecule has 0 aliphatic carbocycles. The van der Waals surface area contributed by atoms with Gasteiger partial charge in [-0.1, -0.05) is 6.07 Å². The molecule has 4 nitrogen and oxygen atoms in total. The summed E-state index contributed by atoms with van der Waals surface area (Å²) in [6.45, 7) is 3.81. The number of nitrogens with one attached hydrogen (secondary N) is 2. The topological polar surface area (TPSA) is 49.8 Å². The number of halogens is 1. The number of fused-ring (bicyclic) bond motifs is 1. The minimum atomic E-state index is 0.294. The van der Waals surface area contributed by atoms with Crippen LogP contribution in [-0.2, 0) is 13.0 Å². The first-order chi connectivity index (χ1) is 10.7. The first kappa shape index (κ1) is 15.7. The van der Waals surface area contributed by atoms with Crippen LogP contribution in [0, 0.1) is 6.92 Å². The Morgan fingerprint density at radius 3 is 2.91 bits per heavy atom. The summed E-state index contributed by atoms with van der Waals surface area (Å²) in [5, 5.41) is 8.95. The summed E-state index contributed by atoms with van der Waals surface area (Å²) in [5.41, 5.74) is 2.17. The van der Waals surface area contributed by atoms with Crippen LogP contribution in [0.3, 0.4) is 0 Å². The molecule has 0 aliphatic rings. The molecule has 3 aromatic heterocycles. The third kappa shape index (κ3) is 3.25. The van der Waals surface area contributed by atoms with E-state index in [0.717, 1.165) is 35.5 Å². The summed E-state index contributed by atoms with van der Waals surface area (Å²) in [6, 6.07) is 4.16. The lowest BCUT2D eigenvalue weighted by Gasteiger charge is -2.05. The molecule has 0 spiro atoms. The summed E-state index contributed by atoms with van der Waals surface area (Å²) in [7, 11) is 1.97. The fourth-order valence-corrected chi connectivity index (χ4v) is 4.31. The molecule has 0 aliphatic heterocycles. The Morgan fingerprint density at radius 2 is 2.18 bits per heavy atom. The predicted molar refractivity (Wildman–Crippen MR) is 96.4 cm³/mol. The zero-order valence-electron chi connectivity index (χ0n) is 12.4. The molecule has 0 atom stereocenters. The van der Waals surface area contributed by atoms with E-state index in [1.54, 1.807) is 22.7 Å². The lowest BCUT2D eigenvalue weighted by Crippen LogP contribution is -2.09. The fraction of sp³-hybridized carbons (Fsp3) is 0.333. The molecule has 2 N–H and O–H groups in total. The molecule has 3 aromatic rings. The van der Waals surface area contributed by atoms with E-state index in [-0.39, 0.29) is 0 Å². The van der Waals surface area contributed by atoms with Gasteiger partial charge in [-0.3, -0.25) is 0 Å². The van der Waals surface area contributed by atoms with Gasteiger partial charge in [-0.15, -0.1) is 22.7 Å². The van der Waals surface area contributed by atoms with Gasteiger partial charge in [-0.05, 0) is 55.5 Å². The van der Waals surface area contributed by atoms with Crippen molar-refractivity contribution in [3.05, 3.63) is 38.1 Å². The lowest BCUT2D eigenvalue weighted by atomic mass is 10.2. The molecule has 0 amide bonds. The number of hydrogen-bond donors (Lipinski definition) is 2. The van der Waals surface area contributed by atoms with Gasteiger partial charge in [0.2, 0.25) is 5.28 Å². The van der Waals surface area contributed by atoms with Gasteiger partial charge >= 0.3 is 0 Å². The van der Waals surface area contributed by atoms with Crippen LogP contribution < -0.4 is 10.6 Å². The van der Waals surface area contributed by atoms with Crippen molar-refractivity contribution in [1.82, 2.24) is 15.3 Å². The Balaban J connectivity index is 1.94. The maximum atomic E-state index is 6.10. The molecule has 0 aromatic carbocycles. The van der Waals surface area contributed by atoms with E-state index in [4.69, 9.17) is 11.6 Å². The average Bonchev–Trinajstić information content (AvgIpc) is 3.12. The number of hydrogen-bond acceptors (Lipinski definition) is 6. The second-order valence-corrected chi connectivity index (χ2v) is 7.43. The van der Waals surface area contributed by atoms with E-state index in [1.807, 2.05) is 7.05 Å². The van der Waals surface area contributed by atoms with Gasteiger partial charge in [0.15, 0.2) is 0 Å². The maximum absolute atomic E-state index is 6.10. The number of anilines is 1. The molecule has 0 fully saturated rings. The highest BCUT2D eigenvalue weighted by molar-refractivity contribution is 7.19. The van der Waals surface area contributed by atoms with Gasteiger partial charge in [0, 0.05) is 9.75 Å². The summed E-state index contributed by atoms with van der Waals surface area (Å²) in [6.07, 6.45) is 0.991. The maximum Gasteiger partial charge on any atom is 0.224 e. The number of nitrogens with zero attached hydrogens (tertiary/aromatic N) is 2. The van der Waals surface area contributed by atoms with Crippen molar-refractivity contribution < 1.29 is 0 Å². The summed E-state index contributed by atoms with van der Waals surface area (Å²) in [4.78, 5) is 11.4. The predicted octanol–water partition coefficient (Wildman–Crippen LogP) is 4.09. The van der Waals surface area contributed by atoms with Gasteiger partial charge in [0.25, 0.3) is 0 Å². The van der Waals surface area contributed by atoms with E-state index < -0.39 is 0 Å². The van der Waals surface area contributed by atoms with Gasteiger partial charge in [-0.2, -0.15) is 4.98 Å². The van der Waals surface area contributed by atoms with E-state index >= 15 is 0 Å². The molecule has 22 heavy (non-hydrogen) atoms. The summed E-state index contributed by atoms with van der Waals surface area (Å²) < 4.78 is 1.09. The Morgan fingerprint density at radius 1 is 1.32 bits per heavy atom. The van der Waals surface area contributed by atoms with Crippen LogP contribution >= 0.6 is 34.3 Å². The Kier molecular flexibility index (Phi) is 4.93. The second-order valence-electron chi connectivity index (χ2n) is 4.96. The minimum absolute atomic E-state index is 0.294. The third-order valence-corrected chi connectivity index (χ3v) is 5.84. The van der Waals surface area contributed by atoms with Crippen molar-refractivity contribution in [2.24, 2.45) is 0 Å². The van der Waals surface area contributed by atoms with Crippen molar-refractivity contribution in [3.63, 3.8) is 0 Å². The monoisotopic (exact) mass is 352 g/mol. The normalized spacial score (nSPS) is 11.2. The van der Waals surface area contributed by atoms with E-state index in [0.29, 0.717) is 5.28 Å². The van der Waals surface area contributed by atoms with Crippen LogP contribution in [0.5, 0.6) is 0 Å². The largest absolute Gasteiger partial charge is 0.364 e.